The topological polar surface area (TPSA) is 133 Å². The first kappa shape index (κ1) is 30.2. The van der Waals surface area contributed by atoms with Gasteiger partial charge in [-0.2, -0.15) is 0 Å². The SMILES string of the molecule is C[C@H](C[C@H](O)[C@H](Cc1ccccc1)NC(=O)c1cc(N2CCCC2=O)cc(S(C)(=O)=O)c1)C(=O)NC1CC2CCC1C2. The first-order valence-corrected chi connectivity index (χ1v) is 16.9. The van der Waals surface area contributed by atoms with Crippen molar-refractivity contribution in [1.29, 1.82) is 0 Å². The molecule has 1 saturated heterocycles. The lowest BCUT2D eigenvalue weighted by molar-refractivity contribution is -0.126. The minimum Gasteiger partial charge on any atom is -0.391 e. The summed E-state index contributed by atoms with van der Waals surface area (Å²) in [5, 5.41) is 17.5. The number of benzene rings is 2. The molecule has 5 rings (SSSR count). The third kappa shape index (κ3) is 7.03. The van der Waals surface area contributed by atoms with E-state index in [9.17, 15) is 27.9 Å². The van der Waals surface area contributed by atoms with Gasteiger partial charge in [0.15, 0.2) is 9.84 Å². The van der Waals surface area contributed by atoms with Crippen LogP contribution in [0.2, 0.25) is 0 Å². The number of fused-ring (bicyclic) bond motifs is 2. The van der Waals surface area contributed by atoms with Gasteiger partial charge in [-0.25, -0.2) is 8.42 Å². The van der Waals surface area contributed by atoms with Crippen LogP contribution in [0.15, 0.2) is 53.4 Å². The molecule has 2 aromatic rings. The molecule has 0 radical (unpaired) electrons. The normalized spacial score (nSPS) is 23.9. The maximum atomic E-state index is 13.6. The molecule has 0 aromatic heterocycles. The van der Waals surface area contributed by atoms with E-state index < -0.39 is 33.8 Å². The van der Waals surface area contributed by atoms with Crippen LogP contribution in [0.25, 0.3) is 0 Å². The van der Waals surface area contributed by atoms with Crippen LogP contribution in [0.4, 0.5) is 5.69 Å². The van der Waals surface area contributed by atoms with E-state index in [4.69, 9.17) is 0 Å². The zero-order valence-corrected chi connectivity index (χ0v) is 25.1. The summed E-state index contributed by atoms with van der Waals surface area (Å²) in [5.74, 6) is 0.0175. The van der Waals surface area contributed by atoms with Gasteiger partial charge in [-0.1, -0.05) is 43.7 Å². The minimum absolute atomic E-state index is 0.0593. The smallest absolute Gasteiger partial charge is 0.251 e. The van der Waals surface area contributed by atoms with Gasteiger partial charge in [0.2, 0.25) is 11.8 Å². The van der Waals surface area contributed by atoms with E-state index in [2.05, 4.69) is 10.6 Å². The molecule has 10 heteroatoms. The third-order valence-corrected chi connectivity index (χ3v) is 10.2. The number of anilines is 1. The van der Waals surface area contributed by atoms with E-state index in [0.717, 1.165) is 24.7 Å². The van der Waals surface area contributed by atoms with E-state index in [1.807, 2.05) is 30.3 Å². The summed E-state index contributed by atoms with van der Waals surface area (Å²) in [6.45, 7) is 2.24. The molecule has 6 atom stereocenters. The zero-order valence-electron chi connectivity index (χ0n) is 24.3. The average molecular weight is 596 g/mol. The Morgan fingerprint density at radius 3 is 2.48 bits per heavy atom. The zero-order chi connectivity index (χ0) is 30.0. The van der Waals surface area contributed by atoms with Crippen molar-refractivity contribution in [3.8, 4) is 0 Å². The molecule has 42 heavy (non-hydrogen) atoms. The van der Waals surface area contributed by atoms with Crippen LogP contribution in [-0.4, -0.2) is 62.2 Å². The Labute approximate surface area is 248 Å². The quantitative estimate of drug-likeness (QED) is 0.365. The molecule has 2 saturated carbocycles. The molecule has 2 bridgehead atoms. The van der Waals surface area contributed by atoms with Crippen molar-refractivity contribution in [2.45, 2.75) is 81.4 Å². The van der Waals surface area contributed by atoms with Crippen LogP contribution in [0, 0.1) is 17.8 Å². The van der Waals surface area contributed by atoms with Gasteiger partial charge in [0.1, 0.15) is 0 Å². The first-order chi connectivity index (χ1) is 20.0. The number of aliphatic hydroxyl groups excluding tert-OH is 1. The molecule has 1 heterocycles. The van der Waals surface area contributed by atoms with Crippen LogP contribution >= 0.6 is 0 Å². The molecule has 2 aliphatic carbocycles. The third-order valence-electron chi connectivity index (χ3n) is 9.15. The summed E-state index contributed by atoms with van der Waals surface area (Å²) in [7, 11) is -3.67. The van der Waals surface area contributed by atoms with Crippen molar-refractivity contribution >= 4 is 33.2 Å². The highest BCUT2D eigenvalue weighted by atomic mass is 32.2. The van der Waals surface area contributed by atoms with E-state index in [-0.39, 0.29) is 34.7 Å². The summed E-state index contributed by atoms with van der Waals surface area (Å²) in [5.41, 5.74) is 1.34. The average Bonchev–Trinajstić information content (AvgIpc) is 3.70. The summed E-state index contributed by atoms with van der Waals surface area (Å²) in [6.07, 6.45) is 6.13. The number of carbonyl (C=O) groups is 3. The van der Waals surface area contributed by atoms with Gasteiger partial charge >= 0.3 is 0 Å². The van der Waals surface area contributed by atoms with Gasteiger partial charge in [-0.15, -0.1) is 0 Å². The van der Waals surface area contributed by atoms with Crippen molar-refractivity contribution in [3.05, 3.63) is 59.7 Å². The van der Waals surface area contributed by atoms with Crippen molar-refractivity contribution in [2.75, 3.05) is 17.7 Å². The van der Waals surface area contributed by atoms with Gasteiger partial charge in [-0.3, -0.25) is 14.4 Å². The molecule has 0 spiro atoms. The lowest BCUT2D eigenvalue weighted by atomic mass is 9.92. The number of nitrogens with zero attached hydrogens (tertiary/aromatic N) is 1. The Kier molecular flexibility index (Phi) is 9.03. The molecule has 3 aliphatic rings. The van der Waals surface area contributed by atoms with Gasteiger partial charge in [0, 0.05) is 42.4 Å². The summed E-state index contributed by atoms with van der Waals surface area (Å²) in [6, 6.07) is 13.1. The van der Waals surface area contributed by atoms with E-state index >= 15 is 0 Å². The number of sulfone groups is 1. The predicted octanol–water partition coefficient (Wildman–Crippen LogP) is 3.25. The Hall–Kier alpha value is -3.24. The monoisotopic (exact) mass is 595 g/mol. The molecule has 3 unspecified atom stereocenters. The second-order valence-corrected chi connectivity index (χ2v) is 14.4. The molecule has 226 valence electrons. The number of rotatable bonds is 11. The fourth-order valence-corrected chi connectivity index (χ4v) is 7.46. The highest BCUT2D eigenvalue weighted by Crippen LogP contribution is 2.44. The van der Waals surface area contributed by atoms with Crippen molar-refractivity contribution in [2.24, 2.45) is 17.8 Å². The second kappa shape index (κ2) is 12.6. The van der Waals surface area contributed by atoms with E-state index in [0.29, 0.717) is 43.3 Å². The molecular formula is C32H41N3O6S. The summed E-state index contributed by atoms with van der Waals surface area (Å²) < 4.78 is 24.9. The highest BCUT2D eigenvalue weighted by Gasteiger charge is 2.40. The maximum Gasteiger partial charge on any atom is 0.251 e. The number of aliphatic hydroxyl groups is 1. The maximum absolute atomic E-state index is 13.6. The minimum atomic E-state index is -3.67. The van der Waals surface area contributed by atoms with Crippen LogP contribution in [0.5, 0.6) is 0 Å². The van der Waals surface area contributed by atoms with Gasteiger partial charge in [0.25, 0.3) is 5.91 Å². The molecular weight excluding hydrogens is 554 g/mol. The fourth-order valence-electron chi connectivity index (χ4n) is 6.79. The Balaban J connectivity index is 1.33. The predicted molar refractivity (Wildman–Crippen MR) is 160 cm³/mol. The highest BCUT2D eigenvalue weighted by molar-refractivity contribution is 7.90. The Morgan fingerprint density at radius 2 is 1.86 bits per heavy atom. The number of nitrogens with one attached hydrogen (secondary N) is 2. The van der Waals surface area contributed by atoms with Crippen LogP contribution in [0.3, 0.4) is 0 Å². The van der Waals surface area contributed by atoms with Crippen molar-refractivity contribution in [1.82, 2.24) is 10.6 Å². The molecule has 3 N–H and O–H groups in total. The number of hydrogen-bond acceptors (Lipinski definition) is 6. The van der Waals surface area contributed by atoms with Crippen LogP contribution in [-0.2, 0) is 25.8 Å². The molecule has 1 aliphatic heterocycles. The lowest BCUT2D eigenvalue weighted by Gasteiger charge is -2.28. The summed E-state index contributed by atoms with van der Waals surface area (Å²) >= 11 is 0. The summed E-state index contributed by atoms with van der Waals surface area (Å²) in [4.78, 5) is 40.5. The second-order valence-electron chi connectivity index (χ2n) is 12.4. The standard InChI is InChI=1S/C32H41N3O6S/c1-20(31(38)33-27-16-22-10-11-23(27)14-22)13-29(36)28(15-21-7-4-3-5-8-21)34-32(39)24-17-25(35-12-6-9-30(35)37)19-26(18-24)42(2,40)41/h3-5,7-8,17-20,22-23,27-29,36H,6,9-16H2,1-2H3,(H,33,38)(H,34,39)/t20-,22?,23?,27?,28+,29+/m1/s1. The van der Waals surface area contributed by atoms with E-state index in [1.165, 1.54) is 35.9 Å². The van der Waals surface area contributed by atoms with Crippen molar-refractivity contribution in [3.63, 3.8) is 0 Å². The van der Waals surface area contributed by atoms with Crippen LogP contribution in [0.1, 0.15) is 67.8 Å². The first-order valence-electron chi connectivity index (χ1n) is 15.0. The van der Waals surface area contributed by atoms with Gasteiger partial charge in [-0.05, 0) is 74.1 Å². The number of carbonyl (C=O) groups excluding carboxylic acids is 3. The Bertz CT molecular complexity index is 1430. The van der Waals surface area contributed by atoms with Gasteiger partial charge in [0.05, 0.1) is 17.0 Å². The van der Waals surface area contributed by atoms with Crippen LogP contribution < -0.4 is 15.5 Å². The molecule has 3 amide bonds. The number of hydrogen-bond donors (Lipinski definition) is 3. The van der Waals surface area contributed by atoms with E-state index in [1.54, 1.807) is 6.92 Å². The fraction of sp³-hybridized carbons (Fsp3) is 0.531. The molecule has 2 aromatic carbocycles. The molecule has 3 fully saturated rings. The Morgan fingerprint density at radius 1 is 1.10 bits per heavy atom. The lowest BCUT2D eigenvalue weighted by Crippen LogP contribution is -2.47. The largest absolute Gasteiger partial charge is 0.391 e. The molecule has 9 nitrogen and oxygen atoms in total. The van der Waals surface area contributed by atoms with Gasteiger partial charge < -0.3 is 20.6 Å². The van der Waals surface area contributed by atoms with Crippen molar-refractivity contribution < 1.29 is 27.9 Å². The number of amides is 3.